The van der Waals surface area contributed by atoms with Gasteiger partial charge in [-0.1, -0.05) is 0 Å². The number of aromatic amines is 1. The van der Waals surface area contributed by atoms with E-state index in [2.05, 4.69) is 9.97 Å². The molecule has 15 heavy (non-hydrogen) atoms. The number of hydrogen-bond acceptors (Lipinski definition) is 3. The number of nitrogens with zero attached hydrogens (tertiary/aromatic N) is 2. The molecular formula is C11H7N3O. The molecule has 0 amide bonds. The Morgan fingerprint density at radius 2 is 2.20 bits per heavy atom. The molecule has 0 saturated carbocycles. The van der Waals surface area contributed by atoms with E-state index < -0.39 is 0 Å². The maximum Gasteiger partial charge on any atom is 0.182 e. The molecule has 0 aromatic carbocycles. The molecule has 2 heterocycles. The molecule has 4 nitrogen and oxygen atoms in total. The first kappa shape index (κ1) is 9.16. The summed E-state index contributed by atoms with van der Waals surface area (Å²) in [5.41, 5.74) is 1.71. The maximum absolute atomic E-state index is 11.1. The molecule has 0 saturated heterocycles. The number of H-pyrrole nitrogens is 1. The Morgan fingerprint density at radius 1 is 1.33 bits per heavy atom. The summed E-state index contributed by atoms with van der Waals surface area (Å²) < 4.78 is 0. The molecule has 0 aliphatic rings. The Hall–Kier alpha value is -2.41. The van der Waals surface area contributed by atoms with Crippen LogP contribution < -0.4 is 5.43 Å². The summed E-state index contributed by atoms with van der Waals surface area (Å²) in [6, 6.07) is 8.25. The van der Waals surface area contributed by atoms with Crippen molar-refractivity contribution < 1.29 is 0 Å². The van der Waals surface area contributed by atoms with E-state index in [1.807, 2.05) is 6.07 Å². The predicted molar refractivity (Wildman–Crippen MR) is 55.0 cm³/mol. The number of nitriles is 1. The second-order valence-corrected chi connectivity index (χ2v) is 2.98. The smallest absolute Gasteiger partial charge is 0.182 e. The van der Waals surface area contributed by atoms with E-state index in [-0.39, 0.29) is 5.43 Å². The molecule has 0 aliphatic heterocycles. The molecule has 0 radical (unpaired) electrons. The SMILES string of the molecule is N#Cc1ccc(-c2cc(=O)cc[nH]2)nc1. The summed E-state index contributed by atoms with van der Waals surface area (Å²) in [6.07, 6.45) is 3.04. The van der Waals surface area contributed by atoms with E-state index in [1.165, 1.54) is 18.3 Å². The highest BCUT2D eigenvalue weighted by Gasteiger charge is 1.99. The van der Waals surface area contributed by atoms with Gasteiger partial charge in [-0.15, -0.1) is 0 Å². The fraction of sp³-hybridized carbons (Fsp3) is 0. The van der Waals surface area contributed by atoms with Crippen molar-refractivity contribution in [2.24, 2.45) is 0 Å². The van der Waals surface area contributed by atoms with E-state index >= 15 is 0 Å². The topological polar surface area (TPSA) is 69.5 Å². The van der Waals surface area contributed by atoms with Crippen LogP contribution in [0.1, 0.15) is 5.56 Å². The van der Waals surface area contributed by atoms with E-state index in [1.54, 1.807) is 18.3 Å². The molecule has 0 aliphatic carbocycles. The van der Waals surface area contributed by atoms with Crippen LogP contribution in [0, 0.1) is 11.3 Å². The molecule has 2 rings (SSSR count). The van der Waals surface area contributed by atoms with Crippen molar-refractivity contribution in [3.05, 3.63) is 52.4 Å². The Balaban J connectivity index is 2.47. The van der Waals surface area contributed by atoms with Crippen LogP contribution in [0.2, 0.25) is 0 Å². The van der Waals surface area contributed by atoms with Crippen molar-refractivity contribution in [2.45, 2.75) is 0 Å². The van der Waals surface area contributed by atoms with Gasteiger partial charge in [0.25, 0.3) is 0 Å². The quantitative estimate of drug-likeness (QED) is 0.749. The van der Waals surface area contributed by atoms with Gasteiger partial charge in [-0.05, 0) is 12.1 Å². The van der Waals surface area contributed by atoms with Crippen molar-refractivity contribution in [3.63, 3.8) is 0 Å². The first-order valence-corrected chi connectivity index (χ1v) is 4.35. The van der Waals surface area contributed by atoms with Crippen LogP contribution in [-0.4, -0.2) is 9.97 Å². The lowest BCUT2D eigenvalue weighted by Gasteiger charge is -1.99. The van der Waals surface area contributed by atoms with Crippen LogP contribution in [0.5, 0.6) is 0 Å². The largest absolute Gasteiger partial charge is 0.360 e. The summed E-state index contributed by atoms with van der Waals surface area (Å²) in [5, 5.41) is 8.60. The summed E-state index contributed by atoms with van der Waals surface area (Å²) in [7, 11) is 0. The molecule has 0 atom stereocenters. The highest BCUT2D eigenvalue weighted by molar-refractivity contribution is 5.54. The molecule has 72 valence electrons. The summed E-state index contributed by atoms with van der Waals surface area (Å²) in [4.78, 5) is 18.1. The number of pyridine rings is 2. The van der Waals surface area contributed by atoms with Gasteiger partial charge in [0.05, 0.1) is 17.0 Å². The maximum atomic E-state index is 11.1. The zero-order valence-electron chi connectivity index (χ0n) is 7.77. The van der Waals surface area contributed by atoms with E-state index in [9.17, 15) is 4.79 Å². The zero-order chi connectivity index (χ0) is 10.7. The lowest BCUT2D eigenvalue weighted by Crippen LogP contribution is -1.98. The predicted octanol–water partition coefficient (Wildman–Crippen LogP) is 1.31. The fourth-order valence-corrected chi connectivity index (χ4v) is 1.21. The van der Waals surface area contributed by atoms with Gasteiger partial charge in [0.2, 0.25) is 0 Å². The molecule has 0 bridgehead atoms. The van der Waals surface area contributed by atoms with Crippen molar-refractivity contribution in [1.82, 2.24) is 9.97 Å². The standard InChI is InChI=1S/C11H7N3O/c12-6-8-1-2-10(14-7-8)11-5-9(15)3-4-13-11/h1-5,7H,(H,13,15). The highest BCUT2D eigenvalue weighted by Crippen LogP contribution is 2.11. The first-order valence-electron chi connectivity index (χ1n) is 4.35. The van der Waals surface area contributed by atoms with Crippen LogP contribution in [0.4, 0.5) is 0 Å². The third-order valence-electron chi connectivity index (χ3n) is 1.94. The molecule has 0 unspecified atom stereocenters. The Labute approximate surface area is 85.8 Å². The van der Waals surface area contributed by atoms with Crippen molar-refractivity contribution in [2.75, 3.05) is 0 Å². The second-order valence-electron chi connectivity index (χ2n) is 2.98. The number of rotatable bonds is 1. The summed E-state index contributed by atoms with van der Waals surface area (Å²) >= 11 is 0. The van der Waals surface area contributed by atoms with Crippen LogP contribution in [0.3, 0.4) is 0 Å². The lowest BCUT2D eigenvalue weighted by molar-refractivity contribution is 1.23. The van der Waals surface area contributed by atoms with E-state index in [0.717, 1.165) is 0 Å². The van der Waals surface area contributed by atoms with Gasteiger partial charge in [0, 0.05) is 24.5 Å². The molecular weight excluding hydrogens is 190 g/mol. The fourth-order valence-electron chi connectivity index (χ4n) is 1.21. The van der Waals surface area contributed by atoms with Crippen molar-refractivity contribution >= 4 is 0 Å². The van der Waals surface area contributed by atoms with Gasteiger partial charge >= 0.3 is 0 Å². The Bertz CT molecular complexity index is 563. The van der Waals surface area contributed by atoms with Crippen LogP contribution in [-0.2, 0) is 0 Å². The van der Waals surface area contributed by atoms with E-state index in [4.69, 9.17) is 5.26 Å². The van der Waals surface area contributed by atoms with E-state index in [0.29, 0.717) is 17.0 Å². The molecule has 0 spiro atoms. The second kappa shape index (κ2) is 3.76. The van der Waals surface area contributed by atoms with Crippen LogP contribution >= 0.6 is 0 Å². The minimum Gasteiger partial charge on any atom is -0.360 e. The monoisotopic (exact) mass is 197 g/mol. The average molecular weight is 197 g/mol. The summed E-state index contributed by atoms with van der Waals surface area (Å²) in [5.74, 6) is 0. The summed E-state index contributed by atoms with van der Waals surface area (Å²) in [6.45, 7) is 0. The number of hydrogen-bond donors (Lipinski definition) is 1. The molecule has 2 aromatic rings. The lowest BCUT2D eigenvalue weighted by atomic mass is 10.2. The zero-order valence-corrected chi connectivity index (χ0v) is 7.77. The normalized spacial score (nSPS) is 9.53. The van der Waals surface area contributed by atoms with Crippen molar-refractivity contribution in [3.8, 4) is 17.5 Å². The third kappa shape index (κ3) is 1.92. The third-order valence-corrected chi connectivity index (χ3v) is 1.94. The average Bonchev–Trinajstić information content (AvgIpc) is 2.29. The van der Waals surface area contributed by atoms with Gasteiger partial charge < -0.3 is 4.98 Å². The highest BCUT2D eigenvalue weighted by atomic mass is 16.1. The van der Waals surface area contributed by atoms with Gasteiger partial charge in [-0.2, -0.15) is 5.26 Å². The van der Waals surface area contributed by atoms with Crippen LogP contribution in [0.25, 0.3) is 11.4 Å². The van der Waals surface area contributed by atoms with Crippen molar-refractivity contribution in [1.29, 1.82) is 5.26 Å². The molecule has 0 fully saturated rings. The number of aromatic nitrogens is 2. The van der Waals surface area contributed by atoms with Gasteiger partial charge in [0.1, 0.15) is 6.07 Å². The first-order chi connectivity index (χ1) is 7.29. The molecule has 1 N–H and O–H groups in total. The Morgan fingerprint density at radius 3 is 2.80 bits per heavy atom. The van der Waals surface area contributed by atoms with Crippen LogP contribution in [0.15, 0.2) is 41.5 Å². The molecule has 2 aromatic heterocycles. The Kier molecular flexibility index (Phi) is 2.30. The van der Waals surface area contributed by atoms with Gasteiger partial charge in [-0.25, -0.2) is 0 Å². The number of nitrogens with one attached hydrogen (secondary N) is 1. The minimum absolute atomic E-state index is 0.0742. The molecule has 4 heteroatoms. The van der Waals surface area contributed by atoms with Gasteiger partial charge in [0.15, 0.2) is 5.43 Å². The van der Waals surface area contributed by atoms with Gasteiger partial charge in [-0.3, -0.25) is 9.78 Å². The minimum atomic E-state index is -0.0742.